The predicted octanol–water partition coefficient (Wildman–Crippen LogP) is 2.75. The van der Waals surface area contributed by atoms with Gasteiger partial charge in [-0.15, -0.1) is 11.3 Å². The molecule has 0 bridgehead atoms. The molecule has 1 aromatic heterocycles. The fourth-order valence-electron chi connectivity index (χ4n) is 2.25. The first-order valence-corrected chi connectivity index (χ1v) is 7.35. The number of rotatable bonds is 1. The van der Waals surface area contributed by atoms with Crippen LogP contribution in [0.2, 0.25) is 0 Å². The Labute approximate surface area is 118 Å². The zero-order chi connectivity index (χ0) is 14.2. The van der Waals surface area contributed by atoms with Crippen molar-refractivity contribution in [1.29, 1.82) is 0 Å². The maximum absolute atomic E-state index is 12.0. The topological polar surface area (TPSA) is 49.8 Å². The van der Waals surface area contributed by atoms with Crippen molar-refractivity contribution in [2.24, 2.45) is 0 Å². The van der Waals surface area contributed by atoms with Gasteiger partial charge in [-0.3, -0.25) is 0 Å². The summed E-state index contributed by atoms with van der Waals surface area (Å²) in [5.41, 5.74) is 0.611. The normalized spacial score (nSPS) is 23.7. The second-order valence-electron chi connectivity index (χ2n) is 6.05. The largest absolute Gasteiger partial charge is 0.444 e. The van der Waals surface area contributed by atoms with Crippen molar-refractivity contribution in [2.75, 3.05) is 13.1 Å². The van der Waals surface area contributed by atoms with E-state index < -0.39 is 11.7 Å². The van der Waals surface area contributed by atoms with Gasteiger partial charge in [0.1, 0.15) is 5.60 Å². The lowest BCUT2D eigenvalue weighted by Gasteiger charge is -2.24. The lowest BCUT2D eigenvalue weighted by Crippen LogP contribution is -2.35. The van der Waals surface area contributed by atoms with Gasteiger partial charge in [0.25, 0.3) is 0 Å². The molecule has 5 heteroatoms. The Morgan fingerprint density at radius 1 is 1.47 bits per heavy atom. The van der Waals surface area contributed by atoms with Gasteiger partial charge in [-0.25, -0.2) is 4.79 Å². The van der Waals surface area contributed by atoms with Crippen LogP contribution in [0.3, 0.4) is 0 Å². The summed E-state index contributed by atoms with van der Waals surface area (Å²) in [5.74, 6) is -0.00234. The molecule has 1 N–H and O–H groups in total. The fourth-order valence-corrected chi connectivity index (χ4v) is 3.02. The van der Waals surface area contributed by atoms with Crippen LogP contribution in [-0.2, 0) is 4.74 Å². The van der Waals surface area contributed by atoms with Crippen molar-refractivity contribution in [3.05, 3.63) is 21.9 Å². The maximum Gasteiger partial charge on any atom is 0.410 e. The zero-order valence-corrected chi connectivity index (χ0v) is 12.7. The van der Waals surface area contributed by atoms with Crippen LogP contribution >= 0.6 is 11.3 Å². The number of aryl methyl sites for hydroxylation is 1. The Hall–Kier alpha value is -1.07. The van der Waals surface area contributed by atoms with Gasteiger partial charge in [-0.2, -0.15) is 0 Å². The van der Waals surface area contributed by atoms with Crippen molar-refractivity contribution >= 4 is 17.4 Å². The summed E-state index contributed by atoms with van der Waals surface area (Å²) in [6.45, 7) is 8.44. The van der Waals surface area contributed by atoms with Crippen LogP contribution < -0.4 is 0 Å². The van der Waals surface area contributed by atoms with Crippen LogP contribution in [0, 0.1) is 6.92 Å². The average Bonchev–Trinajstić information content (AvgIpc) is 2.82. The molecule has 0 spiro atoms. The highest BCUT2D eigenvalue weighted by molar-refractivity contribution is 7.10. The predicted molar refractivity (Wildman–Crippen MR) is 75.6 cm³/mol. The van der Waals surface area contributed by atoms with E-state index in [1.54, 1.807) is 16.2 Å². The number of hydrogen-bond donors (Lipinski definition) is 1. The average molecular weight is 283 g/mol. The highest BCUT2D eigenvalue weighted by Gasteiger charge is 2.37. The van der Waals surface area contributed by atoms with Crippen LogP contribution in [0.25, 0.3) is 0 Å². The molecule has 2 heterocycles. The molecule has 0 aliphatic carbocycles. The zero-order valence-electron chi connectivity index (χ0n) is 11.8. The molecule has 1 aromatic rings. The van der Waals surface area contributed by atoms with Gasteiger partial charge in [0, 0.05) is 17.3 Å². The van der Waals surface area contributed by atoms with Crippen LogP contribution in [0.5, 0.6) is 0 Å². The van der Waals surface area contributed by atoms with E-state index in [4.69, 9.17) is 4.74 Å². The summed E-state index contributed by atoms with van der Waals surface area (Å²) in [5, 5.41) is 12.2. The summed E-state index contributed by atoms with van der Waals surface area (Å²) in [4.78, 5) is 14.8. The van der Waals surface area contributed by atoms with Crippen LogP contribution in [0.1, 0.15) is 37.1 Å². The van der Waals surface area contributed by atoms with Crippen molar-refractivity contribution < 1.29 is 14.6 Å². The molecule has 2 rings (SSSR count). The molecule has 1 saturated heterocycles. The Morgan fingerprint density at radius 3 is 2.68 bits per heavy atom. The Morgan fingerprint density at radius 2 is 2.16 bits per heavy atom. The number of aliphatic hydroxyl groups is 1. The third-order valence-corrected chi connectivity index (χ3v) is 4.00. The second kappa shape index (κ2) is 5.13. The molecule has 0 aromatic carbocycles. The number of aliphatic hydroxyl groups excluding tert-OH is 1. The summed E-state index contributed by atoms with van der Waals surface area (Å²) < 4.78 is 5.34. The van der Waals surface area contributed by atoms with E-state index in [0.717, 1.165) is 5.56 Å². The number of nitrogens with zero attached hydrogens (tertiary/aromatic N) is 1. The molecule has 0 radical (unpaired) electrons. The van der Waals surface area contributed by atoms with Gasteiger partial charge < -0.3 is 14.7 Å². The van der Waals surface area contributed by atoms with E-state index in [1.165, 1.54) is 4.88 Å². The number of β-amino-alcohol motifs (C(OH)–C–C–N with tert-alkyl or cyclic N) is 1. The molecule has 106 valence electrons. The molecular weight excluding hydrogens is 262 g/mol. The molecule has 4 nitrogen and oxygen atoms in total. The van der Waals surface area contributed by atoms with Gasteiger partial charge in [0.15, 0.2) is 0 Å². The Bertz CT molecular complexity index is 464. The summed E-state index contributed by atoms with van der Waals surface area (Å²) in [6, 6.07) is 2.08. The van der Waals surface area contributed by atoms with E-state index in [1.807, 2.05) is 27.7 Å². The lowest BCUT2D eigenvalue weighted by atomic mass is 9.99. The van der Waals surface area contributed by atoms with Crippen molar-refractivity contribution in [3.63, 3.8) is 0 Å². The quantitative estimate of drug-likeness (QED) is 0.862. The van der Waals surface area contributed by atoms with E-state index in [-0.39, 0.29) is 12.0 Å². The SMILES string of the molecule is Cc1cc(C2CN(C(=O)OC(C)(C)C)CC2O)cs1. The first kappa shape index (κ1) is 14.3. The number of carbonyl (C=O) groups is 1. The highest BCUT2D eigenvalue weighted by Crippen LogP contribution is 2.31. The van der Waals surface area contributed by atoms with E-state index in [9.17, 15) is 9.90 Å². The molecule has 19 heavy (non-hydrogen) atoms. The van der Waals surface area contributed by atoms with Gasteiger partial charge in [-0.05, 0) is 44.7 Å². The van der Waals surface area contributed by atoms with Crippen molar-refractivity contribution in [3.8, 4) is 0 Å². The highest BCUT2D eigenvalue weighted by atomic mass is 32.1. The number of ether oxygens (including phenoxy) is 1. The van der Waals surface area contributed by atoms with Crippen molar-refractivity contribution in [1.82, 2.24) is 4.90 Å². The summed E-state index contributed by atoms with van der Waals surface area (Å²) in [6.07, 6.45) is -0.859. The number of carbonyl (C=O) groups excluding carboxylic acids is 1. The van der Waals surface area contributed by atoms with Crippen LogP contribution in [-0.4, -0.2) is 40.9 Å². The smallest absolute Gasteiger partial charge is 0.410 e. The third-order valence-electron chi connectivity index (χ3n) is 3.12. The Balaban J connectivity index is 2.03. The monoisotopic (exact) mass is 283 g/mol. The summed E-state index contributed by atoms with van der Waals surface area (Å²) >= 11 is 1.67. The van der Waals surface area contributed by atoms with E-state index in [0.29, 0.717) is 13.1 Å². The first-order chi connectivity index (χ1) is 8.76. The van der Waals surface area contributed by atoms with Crippen molar-refractivity contribution in [2.45, 2.75) is 45.3 Å². The molecule has 0 saturated carbocycles. The maximum atomic E-state index is 12.0. The number of likely N-dealkylation sites (tertiary alicyclic amines) is 1. The van der Waals surface area contributed by atoms with Gasteiger partial charge in [0.2, 0.25) is 0 Å². The molecule has 1 fully saturated rings. The number of amides is 1. The number of hydrogen-bond acceptors (Lipinski definition) is 4. The minimum atomic E-state index is -0.512. The van der Waals surface area contributed by atoms with E-state index >= 15 is 0 Å². The fraction of sp³-hybridized carbons (Fsp3) is 0.643. The standard InChI is InChI=1S/C14H21NO3S/c1-9-5-10(8-19-9)11-6-15(7-12(11)16)13(17)18-14(2,3)4/h5,8,11-12,16H,6-7H2,1-4H3. The second-order valence-corrected chi connectivity index (χ2v) is 7.17. The van der Waals surface area contributed by atoms with Crippen LogP contribution in [0.15, 0.2) is 11.4 Å². The number of thiophene rings is 1. The third kappa shape index (κ3) is 3.48. The molecule has 1 aliphatic heterocycles. The minimum absolute atomic E-state index is 0.00234. The molecule has 1 aliphatic rings. The van der Waals surface area contributed by atoms with Gasteiger partial charge in [0.05, 0.1) is 12.6 Å². The molecular formula is C14H21NO3S. The minimum Gasteiger partial charge on any atom is -0.444 e. The summed E-state index contributed by atoms with van der Waals surface area (Å²) in [7, 11) is 0. The lowest BCUT2D eigenvalue weighted by molar-refractivity contribution is 0.0270. The van der Waals surface area contributed by atoms with Gasteiger partial charge in [-0.1, -0.05) is 0 Å². The molecule has 1 amide bonds. The molecule has 2 unspecified atom stereocenters. The molecule has 2 atom stereocenters. The van der Waals surface area contributed by atoms with Crippen LogP contribution in [0.4, 0.5) is 4.79 Å². The van der Waals surface area contributed by atoms with E-state index in [2.05, 4.69) is 11.4 Å². The van der Waals surface area contributed by atoms with Gasteiger partial charge >= 0.3 is 6.09 Å². The first-order valence-electron chi connectivity index (χ1n) is 6.47. The Kier molecular flexibility index (Phi) is 3.87.